The van der Waals surface area contributed by atoms with Crippen LogP contribution in [-0.2, 0) is 0 Å². The number of alkyl halides is 3. The molecule has 0 saturated carbocycles. The summed E-state index contributed by atoms with van der Waals surface area (Å²) in [5.41, 5.74) is 0.462. The lowest BCUT2D eigenvalue weighted by molar-refractivity contribution is -0.0889. The van der Waals surface area contributed by atoms with Crippen molar-refractivity contribution in [3.63, 3.8) is 0 Å². The molecule has 0 bridgehead atoms. The van der Waals surface area contributed by atoms with Gasteiger partial charge in [0.2, 0.25) is 0 Å². The minimum Gasteiger partial charge on any atom is -0.493 e. The third-order valence-electron chi connectivity index (χ3n) is 4.67. The monoisotopic (exact) mass is 476 g/mol. The largest absolute Gasteiger partial charge is 0.493 e. The lowest BCUT2D eigenvalue weighted by atomic mass is 10.0. The highest BCUT2D eigenvalue weighted by molar-refractivity contribution is 6.32. The minimum atomic E-state index is -4.60. The Hall–Kier alpha value is -3.52. The summed E-state index contributed by atoms with van der Waals surface area (Å²) in [6.07, 6.45) is 1.77. The van der Waals surface area contributed by atoms with E-state index in [2.05, 4.69) is 16.5 Å². The van der Waals surface area contributed by atoms with Gasteiger partial charge in [-0.25, -0.2) is 4.98 Å². The van der Waals surface area contributed by atoms with Crippen LogP contribution < -0.4 is 9.47 Å². The van der Waals surface area contributed by atoms with Crippen LogP contribution in [0.2, 0.25) is 0 Å². The molecule has 2 aromatic heterocycles. The zero-order valence-corrected chi connectivity index (χ0v) is 18.3. The topological polar surface area (TPSA) is 64.2 Å². The molecule has 0 unspecified atom stereocenters. The van der Waals surface area contributed by atoms with Crippen LogP contribution in [0, 0.1) is 0 Å². The first-order chi connectivity index (χ1) is 15.8. The van der Waals surface area contributed by atoms with Gasteiger partial charge in [-0.3, -0.25) is 4.79 Å². The maximum absolute atomic E-state index is 13.2. The molecule has 1 aromatic carbocycles. The van der Waals surface area contributed by atoms with Crippen molar-refractivity contribution in [1.29, 1.82) is 0 Å². The van der Waals surface area contributed by atoms with Crippen LogP contribution in [0.4, 0.5) is 13.2 Å². The maximum atomic E-state index is 13.2. The first-order valence-corrected chi connectivity index (χ1v) is 10.2. The van der Waals surface area contributed by atoms with E-state index >= 15 is 0 Å². The van der Waals surface area contributed by atoms with E-state index in [1.54, 1.807) is 30.6 Å². The fraction of sp³-hybridized carbons (Fsp3) is 0.167. The van der Waals surface area contributed by atoms with Gasteiger partial charge in [0.15, 0.2) is 17.3 Å². The number of hydrogen-bond donors (Lipinski definition) is 1. The van der Waals surface area contributed by atoms with Crippen molar-refractivity contribution < 1.29 is 27.4 Å². The van der Waals surface area contributed by atoms with Crippen LogP contribution in [0.3, 0.4) is 0 Å². The molecule has 0 saturated heterocycles. The number of allylic oxidation sites excluding steroid dienone is 4. The van der Waals surface area contributed by atoms with Gasteiger partial charge in [-0.2, -0.15) is 13.2 Å². The Morgan fingerprint density at radius 3 is 2.76 bits per heavy atom. The van der Waals surface area contributed by atoms with Gasteiger partial charge in [0.1, 0.15) is 5.65 Å². The summed E-state index contributed by atoms with van der Waals surface area (Å²) >= 11 is 5.70. The molecule has 0 spiro atoms. The summed E-state index contributed by atoms with van der Waals surface area (Å²) < 4.78 is 50.4. The third-order valence-corrected chi connectivity index (χ3v) is 5.00. The molecule has 2 heterocycles. The Balaban J connectivity index is 1.74. The van der Waals surface area contributed by atoms with Crippen molar-refractivity contribution in [3.05, 3.63) is 89.3 Å². The van der Waals surface area contributed by atoms with Crippen LogP contribution in [0.25, 0.3) is 11.0 Å². The van der Waals surface area contributed by atoms with Crippen molar-refractivity contribution in [1.82, 2.24) is 9.97 Å². The van der Waals surface area contributed by atoms with Crippen molar-refractivity contribution in [2.75, 3.05) is 13.7 Å². The maximum Gasteiger partial charge on any atom is 0.417 e. The molecule has 0 aliphatic carbocycles. The Labute approximate surface area is 193 Å². The van der Waals surface area contributed by atoms with Crippen molar-refractivity contribution in [2.45, 2.75) is 12.6 Å². The Bertz CT molecular complexity index is 1230. The Morgan fingerprint density at radius 2 is 2.06 bits per heavy atom. The predicted molar refractivity (Wildman–Crippen MR) is 121 cm³/mol. The number of benzene rings is 1. The van der Waals surface area contributed by atoms with E-state index in [1.807, 2.05) is 0 Å². The molecule has 1 N–H and O–H groups in total. The second-order valence-corrected chi connectivity index (χ2v) is 7.21. The Morgan fingerprint density at radius 1 is 1.27 bits per heavy atom. The number of nitrogens with zero attached hydrogens (tertiary/aromatic N) is 1. The lowest BCUT2D eigenvalue weighted by Crippen LogP contribution is -2.12. The summed E-state index contributed by atoms with van der Waals surface area (Å²) in [5, 5.41) is 0.239. The van der Waals surface area contributed by atoms with E-state index in [0.717, 1.165) is 12.2 Å². The highest BCUT2D eigenvalue weighted by Crippen LogP contribution is 2.34. The molecule has 0 atom stereocenters. The van der Waals surface area contributed by atoms with Gasteiger partial charge in [-0.15, -0.1) is 0 Å². The molecule has 0 amide bonds. The average molecular weight is 477 g/mol. The number of rotatable bonds is 9. The molecule has 0 radical (unpaired) electrons. The van der Waals surface area contributed by atoms with Gasteiger partial charge in [-0.1, -0.05) is 30.3 Å². The summed E-state index contributed by atoms with van der Waals surface area (Å²) in [7, 11) is 1.41. The third kappa shape index (κ3) is 5.64. The molecule has 3 aromatic rings. The van der Waals surface area contributed by atoms with E-state index in [-0.39, 0.29) is 24.6 Å². The fourth-order valence-corrected chi connectivity index (χ4v) is 3.41. The summed E-state index contributed by atoms with van der Waals surface area (Å²) in [5.74, 6) is 0.341. The standard InChI is InChI=1S/C24H20ClF3N2O3/c1-3-6-19(25)18(24(26,27)28)8-5-12-33-20-10-9-15(13-21(20)32-2)22(31)17-14-30-23-16(17)7-4-11-29-23/h3-4,6-11,13-14H,1,5,12H2,2H3,(H,29,30)/b18-8+,19-6+. The summed E-state index contributed by atoms with van der Waals surface area (Å²) in [4.78, 5) is 20.1. The molecule has 0 aliphatic rings. The number of aromatic nitrogens is 2. The average Bonchev–Trinajstić information content (AvgIpc) is 3.22. The van der Waals surface area contributed by atoms with Gasteiger partial charge in [0, 0.05) is 35.3 Å². The SMILES string of the molecule is C=C/C=C(Cl)\C(=C/CCOc1ccc(C(=O)c2c[nH]c3ncccc23)cc1OC)C(F)(F)F. The van der Waals surface area contributed by atoms with Crippen molar-refractivity contribution >= 4 is 28.4 Å². The normalized spacial score (nSPS) is 12.6. The van der Waals surface area contributed by atoms with Crippen LogP contribution >= 0.6 is 11.6 Å². The number of hydrogen-bond acceptors (Lipinski definition) is 4. The van der Waals surface area contributed by atoms with Gasteiger partial charge < -0.3 is 14.5 Å². The number of pyridine rings is 1. The van der Waals surface area contributed by atoms with E-state index in [9.17, 15) is 18.0 Å². The van der Waals surface area contributed by atoms with E-state index in [1.165, 1.54) is 25.3 Å². The molecule has 3 rings (SSSR count). The number of ketones is 1. The van der Waals surface area contributed by atoms with E-state index < -0.39 is 16.8 Å². The van der Waals surface area contributed by atoms with Gasteiger partial charge >= 0.3 is 6.18 Å². The minimum absolute atomic E-state index is 0.0534. The summed E-state index contributed by atoms with van der Waals surface area (Å²) in [6, 6.07) is 8.16. The number of nitrogens with one attached hydrogen (secondary N) is 1. The number of ether oxygens (including phenoxy) is 2. The molecule has 0 aliphatic heterocycles. The van der Waals surface area contributed by atoms with Crippen LogP contribution in [-0.4, -0.2) is 35.6 Å². The zero-order chi connectivity index (χ0) is 24.0. The highest BCUT2D eigenvalue weighted by atomic mass is 35.5. The van der Waals surface area contributed by atoms with E-state index in [4.69, 9.17) is 21.1 Å². The molecular weight excluding hydrogens is 457 g/mol. The van der Waals surface area contributed by atoms with Crippen LogP contribution in [0.5, 0.6) is 11.5 Å². The summed E-state index contributed by atoms with van der Waals surface area (Å²) in [6.45, 7) is 3.29. The number of carbonyl (C=O) groups excluding carboxylic acids is 1. The van der Waals surface area contributed by atoms with Crippen LogP contribution in [0.15, 0.2) is 78.1 Å². The molecule has 0 fully saturated rings. The second kappa shape index (κ2) is 10.4. The fourth-order valence-electron chi connectivity index (χ4n) is 3.14. The number of H-pyrrole nitrogens is 1. The lowest BCUT2D eigenvalue weighted by Gasteiger charge is -2.13. The predicted octanol–water partition coefficient (Wildman–Crippen LogP) is 6.37. The van der Waals surface area contributed by atoms with Gasteiger partial charge in [0.05, 0.1) is 24.3 Å². The van der Waals surface area contributed by atoms with Gasteiger partial charge in [-0.05, 0) is 36.4 Å². The number of halogens is 4. The molecular formula is C24H20ClF3N2O3. The highest BCUT2D eigenvalue weighted by Gasteiger charge is 2.35. The van der Waals surface area contributed by atoms with Gasteiger partial charge in [0.25, 0.3) is 0 Å². The van der Waals surface area contributed by atoms with Crippen LogP contribution in [0.1, 0.15) is 22.3 Å². The second-order valence-electron chi connectivity index (χ2n) is 6.80. The number of aromatic amines is 1. The quantitative estimate of drug-likeness (QED) is 0.221. The number of fused-ring (bicyclic) bond motifs is 1. The molecule has 9 heteroatoms. The molecule has 5 nitrogen and oxygen atoms in total. The molecule has 172 valence electrons. The van der Waals surface area contributed by atoms with Crippen molar-refractivity contribution in [2.24, 2.45) is 0 Å². The number of methoxy groups -OCH3 is 1. The Kier molecular flexibility index (Phi) is 7.60. The molecule has 33 heavy (non-hydrogen) atoms. The first-order valence-electron chi connectivity index (χ1n) is 9.79. The smallest absolute Gasteiger partial charge is 0.417 e. The number of carbonyl (C=O) groups is 1. The first kappa shape index (κ1) is 24.1. The zero-order valence-electron chi connectivity index (χ0n) is 17.6. The van der Waals surface area contributed by atoms with Crippen molar-refractivity contribution in [3.8, 4) is 11.5 Å². The van der Waals surface area contributed by atoms with E-state index in [0.29, 0.717) is 27.9 Å².